The van der Waals surface area contributed by atoms with E-state index in [4.69, 9.17) is 5.73 Å². The molecular weight excluding hydrogens is 274 g/mol. The maximum atomic E-state index is 11.9. The predicted molar refractivity (Wildman–Crippen MR) is 79.6 cm³/mol. The van der Waals surface area contributed by atoms with E-state index in [0.29, 0.717) is 18.9 Å². The Morgan fingerprint density at radius 2 is 2.25 bits per heavy atom. The fourth-order valence-electron chi connectivity index (χ4n) is 2.22. The summed E-state index contributed by atoms with van der Waals surface area (Å²) in [5.74, 6) is 0.602. The largest absolute Gasteiger partial charge is 0.382 e. The minimum Gasteiger partial charge on any atom is -0.382 e. The number of nitrogens with zero attached hydrogens (tertiary/aromatic N) is 4. The van der Waals surface area contributed by atoms with E-state index in [0.717, 1.165) is 22.7 Å². The Bertz CT molecular complexity index is 627. The Morgan fingerprint density at radius 3 is 2.95 bits per heavy atom. The lowest BCUT2D eigenvalue weighted by molar-refractivity contribution is -0.129. The van der Waals surface area contributed by atoms with E-state index in [1.807, 2.05) is 24.1 Å². The molecule has 1 aliphatic rings. The number of aromatic nitrogens is 2. The van der Waals surface area contributed by atoms with Crippen molar-refractivity contribution in [1.82, 2.24) is 14.3 Å². The van der Waals surface area contributed by atoms with E-state index >= 15 is 0 Å². The number of pyridine rings is 1. The standard InChI is InChI=1S/C13H15N5OS/c1-17-5-6-18(8-10(17)19)13-11(12(14)16-20-13)9-3-2-4-15-7-9/h2-4,7H,5-6,8H2,1H3,(H2,14,16). The van der Waals surface area contributed by atoms with E-state index in [2.05, 4.69) is 9.36 Å². The van der Waals surface area contributed by atoms with Crippen LogP contribution in [0.4, 0.5) is 10.8 Å². The fraction of sp³-hybridized carbons (Fsp3) is 0.308. The number of anilines is 2. The van der Waals surface area contributed by atoms with Crippen molar-refractivity contribution in [3.63, 3.8) is 0 Å². The Hall–Kier alpha value is -2.15. The van der Waals surface area contributed by atoms with E-state index in [1.54, 1.807) is 17.3 Å². The third-order valence-electron chi connectivity index (χ3n) is 3.40. The number of carbonyl (C=O) groups is 1. The Balaban J connectivity index is 1.98. The third-order valence-corrected chi connectivity index (χ3v) is 4.32. The van der Waals surface area contributed by atoms with Gasteiger partial charge in [-0.2, -0.15) is 4.37 Å². The first-order chi connectivity index (χ1) is 9.66. The molecule has 6 nitrogen and oxygen atoms in total. The van der Waals surface area contributed by atoms with Crippen molar-refractivity contribution >= 4 is 28.3 Å². The van der Waals surface area contributed by atoms with Crippen LogP contribution in [0.1, 0.15) is 0 Å². The number of carbonyl (C=O) groups excluding carboxylic acids is 1. The summed E-state index contributed by atoms with van der Waals surface area (Å²) in [4.78, 5) is 19.8. The molecular formula is C13H15N5OS. The molecule has 0 radical (unpaired) electrons. The van der Waals surface area contributed by atoms with Crippen LogP contribution >= 0.6 is 11.5 Å². The van der Waals surface area contributed by atoms with Crippen molar-refractivity contribution < 1.29 is 4.79 Å². The molecule has 0 bridgehead atoms. The van der Waals surface area contributed by atoms with Crippen LogP contribution in [0, 0.1) is 0 Å². The summed E-state index contributed by atoms with van der Waals surface area (Å²) in [6.45, 7) is 1.87. The van der Waals surface area contributed by atoms with Gasteiger partial charge < -0.3 is 15.5 Å². The van der Waals surface area contributed by atoms with E-state index in [-0.39, 0.29) is 5.91 Å². The van der Waals surface area contributed by atoms with Gasteiger partial charge in [-0.1, -0.05) is 6.07 Å². The van der Waals surface area contributed by atoms with Crippen LogP contribution < -0.4 is 10.6 Å². The lowest BCUT2D eigenvalue weighted by Gasteiger charge is -2.32. The van der Waals surface area contributed by atoms with E-state index < -0.39 is 0 Å². The van der Waals surface area contributed by atoms with Crippen molar-refractivity contribution in [2.75, 3.05) is 37.3 Å². The summed E-state index contributed by atoms with van der Waals surface area (Å²) in [6.07, 6.45) is 3.49. The molecule has 2 aromatic heterocycles. The van der Waals surface area contributed by atoms with E-state index in [1.165, 1.54) is 11.5 Å². The molecule has 1 fully saturated rings. The van der Waals surface area contributed by atoms with Crippen LogP contribution in [0.2, 0.25) is 0 Å². The summed E-state index contributed by atoms with van der Waals surface area (Å²) in [5.41, 5.74) is 7.80. The summed E-state index contributed by atoms with van der Waals surface area (Å²) in [5, 5.41) is 0.942. The molecule has 1 saturated heterocycles. The van der Waals surface area contributed by atoms with Crippen LogP contribution in [-0.4, -0.2) is 46.8 Å². The summed E-state index contributed by atoms with van der Waals surface area (Å²) >= 11 is 1.33. The minimum atomic E-state index is 0.111. The fourth-order valence-corrected chi connectivity index (χ4v) is 3.08. The third kappa shape index (κ3) is 2.20. The molecule has 0 atom stereocenters. The molecule has 3 heterocycles. The molecule has 104 valence electrons. The number of likely N-dealkylation sites (N-methyl/N-ethyl adjacent to an activating group) is 1. The molecule has 7 heteroatoms. The maximum Gasteiger partial charge on any atom is 0.241 e. The van der Waals surface area contributed by atoms with Crippen molar-refractivity contribution in [3.05, 3.63) is 24.5 Å². The Kier molecular flexibility index (Phi) is 3.27. The molecule has 0 unspecified atom stereocenters. The van der Waals surface area contributed by atoms with Crippen LogP contribution in [0.15, 0.2) is 24.5 Å². The van der Waals surface area contributed by atoms with Gasteiger partial charge in [-0.15, -0.1) is 0 Å². The highest BCUT2D eigenvalue weighted by Crippen LogP contribution is 2.39. The van der Waals surface area contributed by atoms with E-state index in [9.17, 15) is 4.79 Å². The molecule has 0 saturated carbocycles. The van der Waals surface area contributed by atoms with Gasteiger partial charge in [-0.25, -0.2) is 0 Å². The lowest BCUT2D eigenvalue weighted by Crippen LogP contribution is -2.48. The summed E-state index contributed by atoms with van der Waals surface area (Å²) in [6, 6.07) is 3.82. The van der Waals surface area contributed by atoms with Gasteiger partial charge in [0, 0.05) is 38.1 Å². The number of rotatable bonds is 2. The molecule has 20 heavy (non-hydrogen) atoms. The topological polar surface area (TPSA) is 75.3 Å². The SMILES string of the molecule is CN1CCN(c2snc(N)c2-c2cccnc2)CC1=O. The van der Waals surface area contributed by atoms with Gasteiger partial charge in [0.05, 0.1) is 12.1 Å². The highest BCUT2D eigenvalue weighted by atomic mass is 32.1. The Morgan fingerprint density at radius 1 is 1.40 bits per heavy atom. The normalized spacial score (nSPS) is 15.8. The number of nitrogen functional groups attached to an aromatic ring is 1. The molecule has 3 rings (SSSR count). The molecule has 1 aliphatic heterocycles. The highest BCUT2D eigenvalue weighted by molar-refractivity contribution is 7.11. The highest BCUT2D eigenvalue weighted by Gasteiger charge is 2.26. The van der Waals surface area contributed by atoms with Crippen LogP contribution in [0.25, 0.3) is 11.1 Å². The van der Waals surface area contributed by atoms with Crippen molar-refractivity contribution in [3.8, 4) is 11.1 Å². The zero-order chi connectivity index (χ0) is 14.1. The van der Waals surface area contributed by atoms with Gasteiger partial charge in [0.25, 0.3) is 0 Å². The number of hydrogen-bond donors (Lipinski definition) is 1. The van der Waals surface area contributed by atoms with Gasteiger partial charge >= 0.3 is 0 Å². The first-order valence-electron chi connectivity index (χ1n) is 6.31. The number of amides is 1. The monoisotopic (exact) mass is 289 g/mol. The maximum absolute atomic E-state index is 11.9. The molecule has 0 aliphatic carbocycles. The summed E-state index contributed by atoms with van der Waals surface area (Å²) in [7, 11) is 1.82. The van der Waals surface area contributed by atoms with Gasteiger partial charge in [-0.3, -0.25) is 9.78 Å². The number of nitrogens with two attached hydrogens (primary N) is 1. The smallest absolute Gasteiger partial charge is 0.241 e. The van der Waals surface area contributed by atoms with Crippen LogP contribution in [0.3, 0.4) is 0 Å². The first kappa shape index (κ1) is 12.9. The molecule has 2 aromatic rings. The van der Waals surface area contributed by atoms with Gasteiger partial charge in [0.15, 0.2) is 0 Å². The molecule has 0 aromatic carbocycles. The zero-order valence-corrected chi connectivity index (χ0v) is 11.9. The van der Waals surface area contributed by atoms with Crippen molar-refractivity contribution in [1.29, 1.82) is 0 Å². The van der Waals surface area contributed by atoms with Crippen LogP contribution in [-0.2, 0) is 4.79 Å². The lowest BCUT2D eigenvalue weighted by atomic mass is 10.1. The molecule has 0 spiro atoms. The van der Waals surface area contributed by atoms with Crippen molar-refractivity contribution in [2.45, 2.75) is 0 Å². The second-order valence-electron chi connectivity index (χ2n) is 4.73. The van der Waals surface area contributed by atoms with Crippen molar-refractivity contribution in [2.24, 2.45) is 0 Å². The number of hydrogen-bond acceptors (Lipinski definition) is 6. The minimum absolute atomic E-state index is 0.111. The number of piperazine rings is 1. The van der Waals surface area contributed by atoms with Crippen LogP contribution in [0.5, 0.6) is 0 Å². The average Bonchev–Trinajstić information content (AvgIpc) is 2.85. The summed E-state index contributed by atoms with van der Waals surface area (Å²) < 4.78 is 4.24. The predicted octanol–water partition coefficient (Wildman–Crippen LogP) is 1.07. The average molecular weight is 289 g/mol. The van der Waals surface area contributed by atoms with Gasteiger partial charge in [0.2, 0.25) is 5.91 Å². The Labute approximate surface area is 121 Å². The van der Waals surface area contributed by atoms with Gasteiger partial charge in [-0.05, 0) is 17.6 Å². The quantitative estimate of drug-likeness (QED) is 0.895. The first-order valence-corrected chi connectivity index (χ1v) is 7.08. The van der Waals surface area contributed by atoms with Gasteiger partial charge in [0.1, 0.15) is 10.8 Å². The molecule has 2 N–H and O–H groups in total. The zero-order valence-electron chi connectivity index (χ0n) is 11.1. The second-order valence-corrected chi connectivity index (χ2v) is 5.48. The second kappa shape index (κ2) is 5.09. The molecule has 1 amide bonds.